The number of amides is 4. The molecule has 1 fully saturated rings. The van der Waals surface area contributed by atoms with E-state index in [1.165, 1.54) is 18.2 Å². The molecule has 1 saturated heterocycles. The van der Waals surface area contributed by atoms with Gasteiger partial charge in [0.1, 0.15) is 12.4 Å². The van der Waals surface area contributed by atoms with Gasteiger partial charge in [-0.25, -0.2) is 4.79 Å². The van der Waals surface area contributed by atoms with Crippen LogP contribution in [0.1, 0.15) is 85.1 Å². The highest BCUT2D eigenvalue weighted by Gasteiger charge is 2.34. The van der Waals surface area contributed by atoms with E-state index >= 15 is 0 Å². The van der Waals surface area contributed by atoms with Crippen LogP contribution in [0.25, 0.3) is 0 Å². The minimum Gasteiger partial charge on any atom is -0.479 e. The highest BCUT2D eigenvalue weighted by Crippen LogP contribution is 2.30. The van der Waals surface area contributed by atoms with Crippen LogP contribution in [0.2, 0.25) is 0 Å². The number of rotatable bonds is 18. The number of hydrogen-bond acceptors (Lipinski definition) is 10. The Labute approximate surface area is 270 Å². The van der Waals surface area contributed by atoms with Crippen LogP contribution in [0.5, 0.6) is 5.75 Å². The molecule has 0 radical (unpaired) electrons. The number of aliphatic hydroxyl groups is 1. The first kappa shape index (κ1) is 41.7. The summed E-state index contributed by atoms with van der Waals surface area (Å²) in [6, 6.07) is 4.59. The number of nitrogens with one attached hydrogen (secondary N) is 2. The van der Waals surface area contributed by atoms with Gasteiger partial charge in [-0.05, 0) is 43.5 Å². The number of carboxylic acids is 1. The molecule has 0 bridgehead atoms. The summed E-state index contributed by atoms with van der Waals surface area (Å²) in [5, 5.41) is 24.6. The van der Waals surface area contributed by atoms with E-state index < -0.39 is 36.3 Å². The summed E-state index contributed by atoms with van der Waals surface area (Å²) in [4.78, 5) is 70.4. The fourth-order valence-electron chi connectivity index (χ4n) is 4.05. The molecule has 1 heterocycles. The minimum atomic E-state index is -1.25. The van der Waals surface area contributed by atoms with Crippen LogP contribution in [-0.2, 0) is 44.8 Å². The Bertz CT molecular complexity index is 1130. The molecule has 3 atom stereocenters. The number of anilines is 1. The lowest BCUT2D eigenvalue weighted by atomic mass is 10.1. The molecule has 0 saturated carbocycles. The molecule has 2 rings (SSSR count). The molecule has 14 nitrogen and oxygen atoms in total. The highest BCUT2D eigenvalue weighted by molar-refractivity contribution is 5.94. The first-order valence-corrected chi connectivity index (χ1v) is 15.5. The predicted octanol–water partition coefficient (Wildman–Crippen LogP) is 3.31. The molecule has 1 aliphatic rings. The maximum atomic E-state index is 12.6. The fraction of sp³-hybridized carbons (Fsp3) is 0.562. The second kappa shape index (κ2) is 25.0. The van der Waals surface area contributed by atoms with Crippen LogP contribution in [-0.4, -0.2) is 83.3 Å². The molecular formula is C32H49N3O11. The van der Waals surface area contributed by atoms with E-state index in [9.17, 15) is 39.0 Å². The van der Waals surface area contributed by atoms with Gasteiger partial charge >= 0.3 is 5.97 Å². The van der Waals surface area contributed by atoms with Crippen LogP contribution >= 0.6 is 0 Å². The van der Waals surface area contributed by atoms with E-state index in [4.69, 9.17) is 14.2 Å². The molecule has 0 spiro atoms. The van der Waals surface area contributed by atoms with Crippen molar-refractivity contribution in [2.45, 2.75) is 105 Å². The fourth-order valence-corrected chi connectivity index (χ4v) is 4.05. The first-order chi connectivity index (χ1) is 22.2. The van der Waals surface area contributed by atoms with Crippen LogP contribution in [0, 0.1) is 0 Å². The molecule has 4 N–H and O–H groups in total. The van der Waals surface area contributed by atoms with Crippen molar-refractivity contribution in [3.8, 4) is 5.75 Å². The molecule has 1 aromatic carbocycles. The average Bonchev–Trinajstić information content (AvgIpc) is 3.04. The van der Waals surface area contributed by atoms with Gasteiger partial charge in [0, 0.05) is 38.8 Å². The quantitative estimate of drug-likeness (QED) is 0.103. The zero-order valence-corrected chi connectivity index (χ0v) is 27.4. The van der Waals surface area contributed by atoms with Gasteiger partial charge < -0.3 is 35.1 Å². The number of allylic oxidation sites excluding steroid dienone is 1. The van der Waals surface area contributed by atoms with Gasteiger partial charge in [-0.1, -0.05) is 46.3 Å². The van der Waals surface area contributed by atoms with E-state index in [-0.39, 0.29) is 69.2 Å². The molecule has 3 unspecified atom stereocenters. The number of carbonyl (C=O) groups excluding carboxylic acids is 5. The van der Waals surface area contributed by atoms with Crippen LogP contribution in [0.3, 0.4) is 0 Å². The normalized spacial score (nSPS) is 16.8. The second-order valence-electron chi connectivity index (χ2n) is 9.47. The number of aliphatic hydroxyl groups excluding tert-OH is 1. The largest absolute Gasteiger partial charge is 0.479 e. The summed E-state index contributed by atoms with van der Waals surface area (Å²) in [7, 11) is 0. The maximum absolute atomic E-state index is 12.6. The smallest absolute Gasteiger partial charge is 0.333 e. The van der Waals surface area contributed by atoms with Crippen molar-refractivity contribution in [1.82, 2.24) is 10.2 Å². The van der Waals surface area contributed by atoms with Gasteiger partial charge in [0.2, 0.25) is 24.5 Å². The third kappa shape index (κ3) is 16.7. The lowest BCUT2D eigenvalue weighted by molar-refractivity contribution is -0.195. The number of carbonyl (C=O) groups is 6. The molecule has 0 aromatic heterocycles. The second-order valence-corrected chi connectivity index (χ2v) is 9.47. The summed E-state index contributed by atoms with van der Waals surface area (Å²) in [5.74, 6) is -2.19. The number of hydrogen-bond donors (Lipinski definition) is 4. The Kier molecular flexibility index (Phi) is 22.6. The van der Waals surface area contributed by atoms with Crippen molar-refractivity contribution in [2.75, 3.05) is 18.4 Å². The molecule has 1 aromatic rings. The van der Waals surface area contributed by atoms with Gasteiger partial charge in [-0.2, -0.15) is 0 Å². The number of unbranched alkanes of at least 4 members (excludes halogenated alkanes) is 2. The summed E-state index contributed by atoms with van der Waals surface area (Å²) in [5.41, 5.74) is 0.736. The van der Waals surface area contributed by atoms with E-state index in [0.29, 0.717) is 31.2 Å². The highest BCUT2D eigenvalue weighted by atomic mass is 16.7. The van der Waals surface area contributed by atoms with Gasteiger partial charge in [-0.15, -0.1) is 0 Å². The van der Waals surface area contributed by atoms with Crippen LogP contribution in [0.15, 0.2) is 30.4 Å². The Morgan fingerprint density at radius 1 is 1.02 bits per heavy atom. The predicted molar refractivity (Wildman–Crippen MR) is 169 cm³/mol. The third-order valence-electron chi connectivity index (χ3n) is 6.13. The first-order valence-electron chi connectivity index (χ1n) is 15.5. The Hall–Kier alpha value is -4.30. The summed E-state index contributed by atoms with van der Waals surface area (Å²) >= 11 is 0. The van der Waals surface area contributed by atoms with Crippen molar-refractivity contribution < 1.29 is 53.2 Å². The van der Waals surface area contributed by atoms with Crippen molar-refractivity contribution in [2.24, 2.45) is 0 Å². The summed E-state index contributed by atoms with van der Waals surface area (Å²) in [6.45, 7) is 10.2. The minimum absolute atomic E-state index is 0.0167. The van der Waals surface area contributed by atoms with Crippen LogP contribution in [0.4, 0.5) is 5.69 Å². The van der Waals surface area contributed by atoms with Crippen molar-refractivity contribution in [3.63, 3.8) is 0 Å². The number of aliphatic carboxylic acids is 1. The SMILES string of the molecule is C/C=C\C(=O)N(C=O)CCCCCC(=O)NCCC(=O)Nc1cc(COC=O)ccc1OC1CC(O)CC(C(=O)O)O1.CC.CC. The zero-order chi connectivity index (χ0) is 34.9. The molecule has 46 heavy (non-hydrogen) atoms. The number of nitrogens with zero attached hydrogens (tertiary/aromatic N) is 1. The van der Waals surface area contributed by atoms with E-state index in [1.807, 2.05) is 27.7 Å². The monoisotopic (exact) mass is 651 g/mol. The Balaban J connectivity index is 0.00000486. The maximum Gasteiger partial charge on any atom is 0.333 e. The molecule has 14 heteroatoms. The van der Waals surface area contributed by atoms with Crippen molar-refractivity contribution in [1.29, 1.82) is 0 Å². The zero-order valence-electron chi connectivity index (χ0n) is 27.4. The number of carboxylic acid groups (broad SMARTS) is 1. The molecular weight excluding hydrogens is 602 g/mol. The van der Waals surface area contributed by atoms with E-state index in [0.717, 1.165) is 4.90 Å². The van der Waals surface area contributed by atoms with Gasteiger partial charge in [-0.3, -0.25) is 28.9 Å². The summed E-state index contributed by atoms with van der Waals surface area (Å²) < 4.78 is 15.9. The van der Waals surface area contributed by atoms with E-state index in [1.54, 1.807) is 19.1 Å². The Morgan fingerprint density at radius 2 is 1.74 bits per heavy atom. The van der Waals surface area contributed by atoms with Crippen molar-refractivity contribution in [3.05, 3.63) is 35.9 Å². The van der Waals surface area contributed by atoms with Gasteiger partial charge in [0.15, 0.2) is 6.10 Å². The molecule has 258 valence electrons. The average molecular weight is 652 g/mol. The third-order valence-corrected chi connectivity index (χ3v) is 6.13. The van der Waals surface area contributed by atoms with Crippen LogP contribution < -0.4 is 15.4 Å². The van der Waals surface area contributed by atoms with Gasteiger partial charge in [0.25, 0.3) is 12.4 Å². The number of imide groups is 1. The molecule has 0 aliphatic carbocycles. The van der Waals surface area contributed by atoms with Crippen molar-refractivity contribution >= 4 is 42.3 Å². The molecule has 1 aliphatic heterocycles. The molecule has 4 amide bonds. The number of benzene rings is 1. The lowest BCUT2D eigenvalue weighted by Gasteiger charge is -2.31. The lowest BCUT2D eigenvalue weighted by Crippen LogP contribution is -2.42. The summed E-state index contributed by atoms with van der Waals surface area (Å²) in [6.07, 6.45) is 1.85. The standard InChI is InChI=1S/C28H37N3O11.2C2H6/c1-2-6-26(37)31(17-32)12-5-3-4-7-24(35)29-11-10-25(36)30-21-13-19(16-40-18-33)8-9-22(21)41-27-15-20(34)14-23(42-27)28(38)39;2*1-2/h2,6,8-9,13,17-18,20,23,27,34H,3-5,7,10-12,14-16H2,1H3,(H,29,35)(H,30,36)(H,38,39);2*1-2H3/b6-2-;;. The number of ether oxygens (including phenoxy) is 3. The Morgan fingerprint density at radius 3 is 2.37 bits per heavy atom. The topological polar surface area (TPSA) is 198 Å². The van der Waals surface area contributed by atoms with E-state index in [2.05, 4.69) is 10.6 Å². The van der Waals surface area contributed by atoms with Gasteiger partial charge in [0.05, 0.1) is 11.8 Å².